The van der Waals surface area contributed by atoms with Gasteiger partial charge in [-0.2, -0.15) is 0 Å². The van der Waals surface area contributed by atoms with Crippen LogP contribution in [-0.2, 0) is 18.4 Å². The second-order valence-electron chi connectivity index (χ2n) is 3.75. The smallest absolute Gasteiger partial charge is 0.333 e. The lowest BCUT2D eigenvalue weighted by Gasteiger charge is -2.23. The van der Waals surface area contributed by atoms with Crippen LogP contribution < -0.4 is 18.1 Å². The minimum atomic E-state index is -3.21. The molecule has 0 fully saturated rings. The van der Waals surface area contributed by atoms with Crippen LogP contribution in [0.15, 0.2) is 0 Å². The van der Waals surface area contributed by atoms with Crippen LogP contribution in [0, 0.1) is 0 Å². The zero-order chi connectivity index (χ0) is 13.5. The van der Waals surface area contributed by atoms with Crippen molar-refractivity contribution in [3.05, 3.63) is 0 Å². The van der Waals surface area contributed by atoms with Gasteiger partial charge in [-0.1, -0.05) is 6.92 Å². The van der Waals surface area contributed by atoms with Crippen molar-refractivity contribution in [3.63, 3.8) is 0 Å². The van der Waals surface area contributed by atoms with Crippen molar-refractivity contribution in [1.82, 2.24) is 0 Å². The van der Waals surface area contributed by atoms with Crippen molar-refractivity contribution >= 4 is 25.0 Å². The van der Waals surface area contributed by atoms with Gasteiger partial charge in [0.1, 0.15) is 0 Å². The fourth-order valence-corrected chi connectivity index (χ4v) is 3.19. The molecule has 0 aliphatic carbocycles. The van der Waals surface area contributed by atoms with Gasteiger partial charge in [-0.25, -0.2) is 0 Å². The summed E-state index contributed by atoms with van der Waals surface area (Å²) in [6.45, 7) is 5.75. The van der Waals surface area contributed by atoms with E-state index in [2.05, 4.69) is 5.73 Å². The van der Waals surface area contributed by atoms with Gasteiger partial charge >= 0.3 is 7.60 Å². The van der Waals surface area contributed by atoms with Crippen molar-refractivity contribution in [2.75, 3.05) is 19.1 Å². The molecule has 0 aromatic rings. The van der Waals surface area contributed by atoms with E-state index in [1.54, 1.807) is 20.8 Å². The molecule has 0 radical (unpaired) electrons. The Morgan fingerprint density at radius 3 is 2.11 bits per heavy atom. The summed E-state index contributed by atoms with van der Waals surface area (Å²) in [7, 11) is -3.21. The predicted octanol–water partition coefficient (Wildman–Crippen LogP) is -1.55. The molecule has 0 amide bonds. The zero-order valence-corrected chi connectivity index (χ0v) is 13.4. The van der Waals surface area contributed by atoms with E-state index in [0.717, 1.165) is 0 Å². The van der Waals surface area contributed by atoms with Crippen LogP contribution in [0.5, 0.6) is 0 Å². The molecule has 0 aliphatic rings. The Morgan fingerprint density at radius 2 is 1.78 bits per heavy atom. The van der Waals surface area contributed by atoms with Crippen LogP contribution in [0.3, 0.4) is 0 Å². The first-order valence-corrected chi connectivity index (χ1v) is 7.86. The first kappa shape index (κ1) is 20.7. The molecular weight excluding hydrogens is 300 g/mol. The third kappa shape index (κ3) is 6.50. The van der Waals surface area contributed by atoms with Gasteiger partial charge in [0.05, 0.1) is 24.8 Å². The number of hydrogen-bond donors (Lipinski definition) is 1. The average Bonchev–Trinajstić information content (AvgIpc) is 2.28. The Kier molecular flexibility index (Phi) is 11.7. The highest BCUT2D eigenvalue weighted by molar-refractivity contribution is 7.54. The fourth-order valence-electron chi connectivity index (χ4n) is 1.31. The van der Waals surface area contributed by atoms with E-state index in [9.17, 15) is 9.36 Å². The summed E-state index contributed by atoms with van der Waals surface area (Å²) in [6, 6.07) is -0.476. The number of carbonyl (C=O) groups is 1. The number of halogens is 2. The first-order valence-electron chi connectivity index (χ1n) is 5.71. The molecule has 0 saturated carbocycles. The molecule has 0 bridgehead atoms. The van der Waals surface area contributed by atoms with Crippen LogP contribution in [0.1, 0.15) is 27.2 Å². The lowest BCUT2D eigenvalue weighted by atomic mass is 10.1. The number of carbonyl (C=O) groups excluding carboxylic acids is 1. The molecule has 0 aromatic heterocycles. The fraction of sp³-hybridized carbons (Fsp3) is 0.900. The maximum atomic E-state index is 12.3. The lowest BCUT2D eigenvalue weighted by molar-refractivity contribution is -0.396. The molecule has 5 nitrogen and oxygen atoms in total. The molecule has 0 heterocycles. The second kappa shape index (κ2) is 10.2. The van der Waals surface area contributed by atoms with Gasteiger partial charge in [-0.05, 0) is 13.8 Å². The molecule has 0 rings (SSSR count). The molecule has 0 spiro atoms. The standard InChI is InChI=1S/C10H21ClNO4P.ClH/c1-4-15-17(14,16-5-2)8(3)6-10(13)9(12)7-11;/h8-9H,4-7,12H2,1-3H3;1H/t8?,9-;/m0./s1. The van der Waals surface area contributed by atoms with Crippen LogP contribution in [0.2, 0.25) is 0 Å². The molecule has 0 aromatic carbocycles. The first-order chi connectivity index (χ1) is 7.91. The SMILES string of the molecule is CCOP(=O)(OCC)C(C)CC(=O)[C@@H]([NH3+])CCl.[Cl-]. The third-order valence-electron chi connectivity index (χ3n) is 2.30. The van der Waals surface area contributed by atoms with Crippen molar-refractivity contribution in [2.45, 2.75) is 38.9 Å². The largest absolute Gasteiger partial charge is 1.00 e. The van der Waals surface area contributed by atoms with E-state index >= 15 is 0 Å². The summed E-state index contributed by atoms with van der Waals surface area (Å²) in [5, 5.41) is 0. The average molecular weight is 322 g/mol. The summed E-state index contributed by atoms with van der Waals surface area (Å²) >= 11 is 5.55. The summed E-state index contributed by atoms with van der Waals surface area (Å²) in [5.41, 5.74) is 3.16. The minimum absolute atomic E-state index is 0. The Balaban J connectivity index is 0. The quantitative estimate of drug-likeness (QED) is 0.412. The molecule has 2 atom stereocenters. The predicted molar refractivity (Wildman–Crippen MR) is 67.3 cm³/mol. The molecule has 0 aliphatic heterocycles. The second-order valence-corrected chi connectivity index (χ2v) is 6.53. The third-order valence-corrected chi connectivity index (χ3v) is 5.17. The van der Waals surface area contributed by atoms with Crippen molar-refractivity contribution < 1.29 is 36.5 Å². The van der Waals surface area contributed by atoms with Gasteiger partial charge in [0.2, 0.25) is 0 Å². The highest BCUT2D eigenvalue weighted by atomic mass is 35.5. The van der Waals surface area contributed by atoms with E-state index in [4.69, 9.17) is 20.6 Å². The topological polar surface area (TPSA) is 80.2 Å². The van der Waals surface area contributed by atoms with E-state index in [-0.39, 0.29) is 30.5 Å². The number of ketones is 1. The number of quaternary nitrogens is 1. The van der Waals surface area contributed by atoms with E-state index < -0.39 is 19.3 Å². The summed E-state index contributed by atoms with van der Waals surface area (Å²) in [6.07, 6.45) is 0.109. The van der Waals surface area contributed by atoms with Gasteiger partial charge in [0.15, 0.2) is 11.8 Å². The van der Waals surface area contributed by atoms with Crippen molar-refractivity contribution in [2.24, 2.45) is 0 Å². The molecule has 110 valence electrons. The van der Waals surface area contributed by atoms with Gasteiger partial charge in [-0.15, -0.1) is 11.6 Å². The van der Waals surface area contributed by atoms with Gasteiger partial charge < -0.3 is 27.2 Å². The summed E-state index contributed by atoms with van der Waals surface area (Å²) in [4.78, 5) is 11.7. The maximum Gasteiger partial charge on any atom is 0.333 e. The van der Waals surface area contributed by atoms with Crippen molar-refractivity contribution in [3.8, 4) is 0 Å². The Labute approximate surface area is 120 Å². The van der Waals surface area contributed by atoms with Crippen LogP contribution >= 0.6 is 19.2 Å². The van der Waals surface area contributed by atoms with E-state index in [1.165, 1.54) is 0 Å². The highest BCUT2D eigenvalue weighted by Crippen LogP contribution is 2.54. The van der Waals surface area contributed by atoms with Crippen LogP contribution in [-0.4, -0.2) is 36.6 Å². The summed E-state index contributed by atoms with van der Waals surface area (Å²) < 4.78 is 22.7. The van der Waals surface area contributed by atoms with E-state index in [0.29, 0.717) is 13.2 Å². The van der Waals surface area contributed by atoms with Crippen molar-refractivity contribution in [1.29, 1.82) is 0 Å². The van der Waals surface area contributed by atoms with Gasteiger partial charge in [0.25, 0.3) is 0 Å². The number of alkyl halides is 1. The minimum Gasteiger partial charge on any atom is -1.00 e. The molecule has 0 saturated heterocycles. The highest BCUT2D eigenvalue weighted by Gasteiger charge is 2.34. The lowest BCUT2D eigenvalue weighted by Crippen LogP contribution is -3.00. The van der Waals surface area contributed by atoms with Gasteiger partial charge in [-0.3, -0.25) is 9.36 Å². The Morgan fingerprint density at radius 1 is 1.33 bits per heavy atom. The molecular formula is C10H22Cl2NO4P. The maximum absolute atomic E-state index is 12.3. The Bertz CT molecular complexity index is 281. The van der Waals surface area contributed by atoms with Crippen LogP contribution in [0.25, 0.3) is 0 Å². The summed E-state index contributed by atoms with van der Waals surface area (Å²) in [5.74, 6) is 0.0474. The van der Waals surface area contributed by atoms with Gasteiger partial charge in [0, 0.05) is 6.42 Å². The number of hydrogen-bond acceptors (Lipinski definition) is 4. The van der Waals surface area contributed by atoms with E-state index in [1.807, 2.05) is 0 Å². The normalized spacial score (nSPS) is 14.7. The molecule has 18 heavy (non-hydrogen) atoms. The monoisotopic (exact) mass is 321 g/mol. The molecule has 1 unspecified atom stereocenters. The molecule has 3 N–H and O–H groups in total. The zero-order valence-electron chi connectivity index (χ0n) is 11.0. The Hall–Kier alpha value is 0.360. The number of Topliss-reactive ketones (excluding diaryl/α,β-unsaturated/α-hetero) is 1. The van der Waals surface area contributed by atoms with Crippen LogP contribution in [0.4, 0.5) is 0 Å². The number of rotatable bonds is 9. The molecule has 8 heteroatoms.